The maximum atomic E-state index is 11.4. The standard InChI is InChI=1S/C13H19N3O4/c14-13(19)7-16(9-1-3-15-4-2-9)6-10-5-11(17)12(18)8-20-10/h5,8-9,15,18H,1-4,6-7H2,(H2,14,19). The summed E-state index contributed by atoms with van der Waals surface area (Å²) in [5.74, 6) is -0.422. The van der Waals surface area contributed by atoms with Gasteiger partial charge in [-0.25, -0.2) is 0 Å². The van der Waals surface area contributed by atoms with Gasteiger partial charge in [0.1, 0.15) is 12.0 Å². The second-order valence-corrected chi connectivity index (χ2v) is 4.95. The van der Waals surface area contributed by atoms with Crippen molar-refractivity contribution in [2.45, 2.75) is 25.4 Å². The summed E-state index contributed by atoms with van der Waals surface area (Å²) < 4.78 is 5.18. The first kappa shape index (κ1) is 14.5. The Morgan fingerprint density at radius 1 is 1.50 bits per heavy atom. The third-order valence-corrected chi connectivity index (χ3v) is 3.41. The van der Waals surface area contributed by atoms with Crippen LogP contribution in [0.3, 0.4) is 0 Å². The van der Waals surface area contributed by atoms with Gasteiger partial charge in [-0.2, -0.15) is 0 Å². The first-order valence-electron chi connectivity index (χ1n) is 6.60. The van der Waals surface area contributed by atoms with Crippen molar-refractivity contribution in [2.75, 3.05) is 19.6 Å². The summed E-state index contributed by atoms with van der Waals surface area (Å²) in [7, 11) is 0. The molecule has 7 nitrogen and oxygen atoms in total. The van der Waals surface area contributed by atoms with Crippen LogP contribution in [0.1, 0.15) is 18.6 Å². The number of carbonyl (C=O) groups is 1. The number of hydrogen-bond acceptors (Lipinski definition) is 6. The monoisotopic (exact) mass is 281 g/mol. The number of primary amides is 1. The molecule has 0 aromatic carbocycles. The summed E-state index contributed by atoms with van der Waals surface area (Å²) in [6, 6.07) is 1.47. The third-order valence-electron chi connectivity index (χ3n) is 3.41. The Balaban J connectivity index is 2.11. The third kappa shape index (κ3) is 3.82. The summed E-state index contributed by atoms with van der Waals surface area (Å²) in [5.41, 5.74) is 4.79. The molecule has 1 aromatic rings. The van der Waals surface area contributed by atoms with Crippen LogP contribution in [0.25, 0.3) is 0 Å². The number of nitrogens with zero attached hydrogens (tertiary/aromatic N) is 1. The molecule has 4 N–H and O–H groups in total. The Bertz CT molecular complexity index is 523. The highest BCUT2D eigenvalue weighted by Crippen LogP contribution is 2.15. The van der Waals surface area contributed by atoms with E-state index in [4.69, 9.17) is 15.3 Å². The molecule has 0 atom stereocenters. The van der Waals surface area contributed by atoms with Crippen LogP contribution in [0.5, 0.6) is 5.75 Å². The van der Waals surface area contributed by atoms with Gasteiger partial charge in [0.2, 0.25) is 11.3 Å². The second-order valence-electron chi connectivity index (χ2n) is 4.95. The molecule has 0 bridgehead atoms. The molecule has 1 aromatic heterocycles. The van der Waals surface area contributed by atoms with E-state index < -0.39 is 17.1 Å². The van der Waals surface area contributed by atoms with Crippen molar-refractivity contribution >= 4 is 5.91 Å². The minimum absolute atomic E-state index is 0.120. The van der Waals surface area contributed by atoms with Crippen LogP contribution in [0, 0.1) is 0 Å². The van der Waals surface area contributed by atoms with Crippen molar-refractivity contribution in [1.29, 1.82) is 0 Å². The van der Waals surface area contributed by atoms with E-state index >= 15 is 0 Å². The van der Waals surface area contributed by atoms with Crippen LogP contribution in [0.4, 0.5) is 0 Å². The molecule has 1 saturated heterocycles. The van der Waals surface area contributed by atoms with Crippen molar-refractivity contribution in [1.82, 2.24) is 10.2 Å². The smallest absolute Gasteiger partial charge is 0.231 e. The lowest BCUT2D eigenvalue weighted by molar-refractivity contribution is -0.120. The molecular formula is C13H19N3O4. The highest BCUT2D eigenvalue weighted by Gasteiger charge is 2.23. The molecular weight excluding hydrogens is 262 g/mol. The molecule has 2 rings (SSSR count). The van der Waals surface area contributed by atoms with Gasteiger partial charge in [0.25, 0.3) is 0 Å². The lowest BCUT2D eigenvalue weighted by Gasteiger charge is -2.33. The zero-order valence-corrected chi connectivity index (χ0v) is 11.2. The maximum Gasteiger partial charge on any atom is 0.231 e. The lowest BCUT2D eigenvalue weighted by atomic mass is 10.0. The fourth-order valence-electron chi connectivity index (χ4n) is 2.41. The van der Waals surface area contributed by atoms with E-state index in [1.807, 2.05) is 4.90 Å². The van der Waals surface area contributed by atoms with Crippen LogP contribution in [0.15, 0.2) is 21.5 Å². The quantitative estimate of drug-likeness (QED) is 0.664. The predicted octanol–water partition coefficient (Wildman–Crippen LogP) is -0.615. The molecule has 1 amide bonds. The summed E-state index contributed by atoms with van der Waals surface area (Å²) in [6.07, 6.45) is 2.84. The van der Waals surface area contributed by atoms with Gasteiger partial charge in [-0.1, -0.05) is 0 Å². The summed E-state index contributed by atoms with van der Waals surface area (Å²) in [5, 5.41) is 12.4. The van der Waals surface area contributed by atoms with E-state index in [9.17, 15) is 9.59 Å². The zero-order valence-electron chi connectivity index (χ0n) is 11.2. The van der Waals surface area contributed by atoms with Crippen molar-refractivity contribution in [2.24, 2.45) is 5.73 Å². The van der Waals surface area contributed by atoms with E-state index in [1.165, 1.54) is 6.07 Å². The average Bonchev–Trinajstić information content (AvgIpc) is 2.43. The van der Waals surface area contributed by atoms with Crippen molar-refractivity contribution in [3.63, 3.8) is 0 Å². The molecule has 7 heteroatoms. The Kier molecular flexibility index (Phi) is 4.75. The molecule has 0 spiro atoms. The van der Waals surface area contributed by atoms with Crippen LogP contribution < -0.4 is 16.5 Å². The normalized spacial score (nSPS) is 16.4. The Morgan fingerprint density at radius 3 is 2.80 bits per heavy atom. The number of piperidine rings is 1. The molecule has 0 radical (unpaired) electrons. The summed E-state index contributed by atoms with van der Waals surface area (Å²) >= 11 is 0. The highest BCUT2D eigenvalue weighted by molar-refractivity contribution is 5.75. The first-order valence-corrected chi connectivity index (χ1v) is 6.60. The number of amides is 1. The largest absolute Gasteiger partial charge is 0.502 e. The van der Waals surface area contributed by atoms with Gasteiger partial charge in [-0.05, 0) is 25.9 Å². The van der Waals surface area contributed by atoms with Gasteiger partial charge >= 0.3 is 0 Å². The molecule has 0 aliphatic carbocycles. The number of rotatable bonds is 5. The van der Waals surface area contributed by atoms with Crippen LogP contribution in [0.2, 0.25) is 0 Å². The minimum atomic E-state index is -0.490. The summed E-state index contributed by atoms with van der Waals surface area (Å²) in [6.45, 7) is 2.22. The molecule has 2 heterocycles. The van der Waals surface area contributed by atoms with Gasteiger partial charge in [-0.3, -0.25) is 14.5 Å². The van der Waals surface area contributed by atoms with Gasteiger partial charge in [0, 0.05) is 12.1 Å². The fourth-order valence-corrected chi connectivity index (χ4v) is 2.41. The van der Waals surface area contributed by atoms with Gasteiger partial charge in [-0.15, -0.1) is 0 Å². The maximum absolute atomic E-state index is 11.4. The second kappa shape index (κ2) is 6.53. The van der Waals surface area contributed by atoms with Gasteiger partial charge in [0.05, 0.1) is 13.1 Å². The zero-order chi connectivity index (χ0) is 14.5. The molecule has 1 aliphatic heterocycles. The number of nitrogens with two attached hydrogens (primary N) is 1. The fraction of sp³-hybridized carbons (Fsp3) is 0.538. The van der Waals surface area contributed by atoms with Crippen molar-refractivity contribution in [3.8, 4) is 5.75 Å². The average molecular weight is 281 g/mol. The summed E-state index contributed by atoms with van der Waals surface area (Å²) in [4.78, 5) is 24.5. The number of carbonyl (C=O) groups excluding carboxylic acids is 1. The minimum Gasteiger partial charge on any atom is -0.502 e. The Labute approximate surface area is 116 Å². The lowest BCUT2D eigenvalue weighted by Crippen LogP contribution is -2.46. The Morgan fingerprint density at radius 2 is 2.20 bits per heavy atom. The van der Waals surface area contributed by atoms with Crippen LogP contribution >= 0.6 is 0 Å². The first-order chi connectivity index (χ1) is 9.56. The molecule has 0 saturated carbocycles. The Hall–Kier alpha value is -1.86. The molecule has 110 valence electrons. The van der Waals surface area contributed by atoms with Gasteiger partial charge < -0.3 is 20.6 Å². The molecule has 1 aliphatic rings. The van der Waals surface area contributed by atoms with Crippen molar-refractivity contribution < 1.29 is 14.3 Å². The van der Waals surface area contributed by atoms with E-state index in [0.29, 0.717) is 12.3 Å². The van der Waals surface area contributed by atoms with E-state index in [-0.39, 0.29) is 12.6 Å². The SMILES string of the molecule is NC(=O)CN(Cc1cc(=O)c(O)co1)C1CCNCC1. The predicted molar refractivity (Wildman–Crippen MR) is 72.1 cm³/mol. The van der Waals surface area contributed by atoms with E-state index in [2.05, 4.69) is 5.32 Å². The molecule has 1 fully saturated rings. The molecule has 20 heavy (non-hydrogen) atoms. The number of aromatic hydroxyl groups is 1. The topological polar surface area (TPSA) is 109 Å². The number of hydrogen-bond donors (Lipinski definition) is 3. The van der Waals surface area contributed by atoms with Crippen molar-refractivity contribution in [3.05, 3.63) is 28.3 Å². The van der Waals surface area contributed by atoms with Gasteiger partial charge in [0.15, 0.2) is 5.75 Å². The number of nitrogens with one attached hydrogen (secondary N) is 1. The highest BCUT2D eigenvalue weighted by atomic mass is 16.4. The van der Waals surface area contributed by atoms with Crippen LogP contribution in [-0.2, 0) is 11.3 Å². The van der Waals surface area contributed by atoms with E-state index in [1.54, 1.807) is 0 Å². The molecule has 0 unspecified atom stereocenters. The van der Waals surface area contributed by atoms with Crippen LogP contribution in [-0.4, -0.2) is 41.6 Å². The van der Waals surface area contributed by atoms with E-state index in [0.717, 1.165) is 32.2 Å².